The van der Waals surface area contributed by atoms with Crippen molar-refractivity contribution in [2.45, 2.75) is 19.9 Å². The second-order valence-electron chi connectivity index (χ2n) is 8.90. The Morgan fingerprint density at radius 3 is 2.44 bits per heavy atom. The normalized spacial score (nSPS) is 16.6. The molecule has 1 aliphatic heterocycles. The van der Waals surface area contributed by atoms with Crippen molar-refractivity contribution < 1.29 is 29.3 Å². The molecule has 1 fully saturated rings. The number of ketones is 1. The molecular formula is C31H26ClNO6. The maximum atomic E-state index is 13.7. The van der Waals surface area contributed by atoms with Crippen LogP contribution in [0.5, 0.6) is 17.2 Å². The summed E-state index contributed by atoms with van der Waals surface area (Å²) in [4.78, 5) is 28.7. The lowest BCUT2D eigenvalue weighted by atomic mass is 9.94. The highest BCUT2D eigenvalue weighted by Crippen LogP contribution is 2.46. The van der Waals surface area contributed by atoms with Gasteiger partial charge >= 0.3 is 0 Å². The minimum Gasteiger partial charge on any atom is -0.507 e. The van der Waals surface area contributed by atoms with Crippen molar-refractivity contribution in [1.82, 2.24) is 0 Å². The number of aliphatic hydroxyl groups is 1. The number of carbonyl (C=O) groups is 2. The number of phenols is 1. The summed E-state index contributed by atoms with van der Waals surface area (Å²) in [7, 11) is 0. The molecular weight excluding hydrogens is 518 g/mol. The molecule has 198 valence electrons. The number of halogens is 1. The quantitative estimate of drug-likeness (QED) is 0.154. The molecule has 4 aromatic carbocycles. The maximum absolute atomic E-state index is 13.7. The molecule has 1 saturated heterocycles. The Labute approximate surface area is 230 Å². The third-order valence-corrected chi connectivity index (χ3v) is 6.90. The van der Waals surface area contributed by atoms with Crippen LogP contribution in [-0.4, -0.2) is 35.1 Å². The Kier molecular flexibility index (Phi) is 7.17. The number of anilines is 1. The predicted octanol–water partition coefficient (Wildman–Crippen LogP) is 6.62. The van der Waals surface area contributed by atoms with Gasteiger partial charge in [-0.3, -0.25) is 14.5 Å². The van der Waals surface area contributed by atoms with E-state index in [2.05, 4.69) is 0 Å². The number of phenolic OH excluding ortho intramolecular Hbond substituents is 1. The largest absolute Gasteiger partial charge is 0.507 e. The standard InChI is InChI=1S/C31H26ClNO6/c1-3-38-20-13-14-23(32)22(17-20)29(35)27-28(19-12-15-25(34)26(16-19)39-4-2)33(31(37)30(27)36)24-11-7-9-18-8-5-6-10-21(18)24/h5-17,28,34-35H,3-4H2,1-2H3/b29-27+. The van der Waals surface area contributed by atoms with Gasteiger partial charge < -0.3 is 19.7 Å². The smallest absolute Gasteiger partial charge is 0.300 e. The van der Waals surface area contributed by atoms with Gasteiger partial charge in [0.1, 0.15) is 11.5 Å². The van der Waals surface area contributed by atoms with Crippen LogP contribution in [0.25, 0.3) is 16.5 Å². The van der Waals surface area contributed by atoms with Crippen molar-refractivity contribution in [3.63, 3.8) is 0 Å². The number of ether oxygens (including phenoxy) is 2. The van der Waals surface area contributed by atoms with Crippen molar-refractivity contribution in [1.29, 1.82) is 0 Å². The Morgan fingerprint density at radius 2 is 1.67 bits per heavy atom. The fourth-order valence-electron chi connectivity index (χ4n) is 4.87. The van der Waals surface area contributed by atoms with Gasteiger partial charge in [0, 0.05) is 10.9 Å². The van der Waals surface area contributed by atoms with Crippen LogP contribution < -0.4 is 14.4 Å². The lowest BCUT2D eigenvalue weighted by molar-refractivity contribution is -0.132. The summed E-state index contributed by atoms with van der Waals surface area (Å²) in [6.45, 7) is 4.29. The van der Waals surface area contributed by atoms with E-state index in [-0.39, 0.29) is 27.7 Å². The Balaban J connectivity index is 1.79. The molecule has 39 heavy (non-hydrogen) atoms. The number of aromatic hydroxyl groups is 1. The number of nitrogens with zero attached hydrogens (tertiary/aromatic N) is 1. The Morgan fingerprint density at radius 1 is 0.923 bits per heavy atom. The molecule has 1 aliphatic rings. The van der Waals surface area contributed by atoms with Crippen molar-refractivity contribution in [2.75, 3.05) is 18.1 Å². The van der Waals surface area contributed by atoms with Crippen LogP contribution in [0.3, 0.4) is 0 Å². The third-order valence-electron chi connectivity index (χ3n) is 6.57. The van der Waals surface area contributed by atoms with Gasteiger partial charge in [-0.2, -0.15) is 0 Å². The van der Waals surface area contributed by atoms with Crippen molar-refractivity contribution in [2.24, 2.45) is 0 Å². The second kappa shape index (κ2) is 10.7. The van der Waals surface area contributed by atoms with E-state index >= 15 is 0 Å². The van der Waals surface area contributed by atoms with E-state index in [1.54, 1.807) is 43.3 Å². The zero-order valence-corrected chi connectivity index (χ0v) is 22.1. The van der Waals surface area contributed by atoms with Crippen LogP contribution in [0.4, 0.5) is 5.69 Å². The van der Waals surface area contributed by atoms with E-state index < -0.39 is 23.5 Å². The average Bonchev–Trinajstić information content (AvgIpc) is 3.20. The first-order valence-corrected chi connectivity index (χ1v) is 12.9. The zero-order valence-electron chi connectivity index (χ0n) is 21.3. The number of fused-ring (bicyclic) bond motifs is 1. The average molecular weight is 544 g/mol. The van der Waals surface area contributed by atoms with Crippen LogP contribution in [-0.2, 0) is 9.59 Å². The summed E-state index contributed by atoms with van der Waals surface area (Å²) in [5.41, 5.74) is 0.977. The molecule has 0 spiro atoms. The van der Waals surface area contributed by atoms with E-state index in [1.807, 2.05) is 37.3 Å². The fraction of sp³-hybridized carbons (Fsp3) is 0.161. The summed E-state index contributed by atoms with van der Waals surface area (Å²) in [6, 6.07) is 21.3. The number of Topliss-reactive ketones (excluding diaryl/α,β-unsaturated/α-hetero) is 1. The van der Waals surface area contributed by atoms with Crippen molar-refractivity contribution in [3.05, 3.63) is 101 Å². The minimum absolute atomic E-state index is 0.0878. The number of hydrogen-bond donors (Lipinski definition) is 2. The van der Waals surface area contributed by atoms with Gasteiger partial charge in [0.05, 0.1) is 35.5 Å². The van der Waals surface area contributed by atoms with Gasteiger partial charge in [-0.1, -0.05) is 54.1 Å². The number of hydrogen-bond acceptors (Lipinski definition) is 6. The van der Waals surface area contributed by atoms with Crippen LogP contribution in [0.2, 0.25) is 5.02 Å². The minimum atomic E-state index is -1.04. The van der Waals surface area contributed by atoms with Crippen LogP contribution in [0.15, 0.2) is 84.4 Å². The van der Waals surface area contributed by atoms with Crippen molar-refractivity contribution >= 4 is 45.5 Å². The number of carbonyl (C=O) groups excluding carboxylic acids is 2. The van der Waals surface area contributed by atoms with Gasteiger partial charge in [-0.15, -0.1) is 0 Å². The number of benzene rings is 4. The van der Waals surface area contributed by atoms with Gasteiger partial charge in [0.2, 0.25) is 0 Å². The number of aliphatic hydroxyl groups excluding tert-OH is 1. The first-order chi connectivity index (χ1) is 18.8. The zero-order chi connectivity index (χ0) is 27.7. The highest BCUT2D eigenvalue weighted by molar-refractivity contribution is 6.52. The van der Waals surface area contributed by atoms with E-state index in [0.29, 0.717) is 30.2 Å². The van der Waals surface area contributed by atoms with Gasteiger partial charge in [-0.05, 0) is 61.2 Å². The van der Waals surface area contributed by atoms with E-state index in [0.717, 1.165) is 10.8 Å². The molecule has 0 saturated carbocycles. The molecule has 7 nitrogen and oxygen atoms in total. The summed E-state index contributed by atoms with van der Waals surface area (Å²) >= 11 is 6.45. The number of amides is 1. The van der Waals surface area contributed by atoms with Crippen molar-refractivity contribution in [3.8, 4) is 17.2 Å². The molecule has 0 aliphatic carbocycles. The van der Waals surface area contributed by atoms with E-state index in [9.17, 15) is 19.8 Å². The van der Waals surface area contributed by atoms with E-state index in [4.69, 9.17) is 21.1 Å². The van der Waals surface area contributed by atoms with Crippen LogP contribution in [0.1, 0.15) is 31.0 Å². The lowest BCUT2D eigenvalue weighted by Gasteiger charge is -2.27. The number of rotatable bonds is 7. The predicted molar refractivity (Wildman–Crippen MR) is 151 cm³/mol. The summed E-state index contributed by atoms with van der Waals surface area (Å²) in [6.07, 6.45) is 0. The first-order valence-electron chi connectivity index (χ1n) is 12.5. The van der Waals surface area contributed by atoms with Gasteiger partial charge in [0.15, 0.2) is 11.5 Å². The molecule has 2 N–H and O–H groups in total. The molecule has 1 unspecified atom stereocenters. The molecule has 1 heterocycles. The molecule has 0 bridgehead atoms. The maximum Gasteiger partial charge on any atom is 0.300 e. The Bertz CT molecular complexity index is 1620. The molecule has 4 aromatic rings. The lowest BCUT2D eigenvalue weighted by Crippen LogP contribution is -2.29. The SMILES string of the molecule is CCOc1ccc(Cl)c(/C(O)=C2\C(=O)C(=O)N(c3cccc4ccccc34)C2c2ccc(O)c(OCC)c2)c1. The molecule has 0 radical (unpaired) electrons. The van der Waals surface area contributed by atoms with E-state index in [1.165, 1.54) is 17.0 Å². The molecule has 0 aromatic heterocycles. The molecule has 1 atom stereocenters. The van der Waals surface area contributed by atoms with Gasteiger partial charge in [-0.25, -0.2) is 0 Å². The third kappa shape index (κ3) is 4.66. The second-order valence-corrected chi connectivity index (χ2v) is 9.31. The molecule has 8 heteroatoms. The van der Waals surface area contributed by atoms with Gasteiger partial charge in [0.25, 0.3) is 11.7 Å². The topological polar surface area (TPSA) is 96.3 Å². The highest BCUT2D eigenvalue weighted by Gasteiger charge is 2.47. The summed E-state index contributed by atoms with van der Waals surface area (Å²) in [5.74, 6) is -1.55. The first kappa shape index (κ1) is 26.1. The fourth-order valence-corrected chi connectivity index (χ4v) is 5.08. The summed E-state index contributed by atoms with van der Waals surface area (Å²) < 4.78 is 11.2. The summed E-state index contributed by atoms with van der Waals surface area (Å²) in [5, 5.41) is 23.7. The Hall–Kier alpha value is -4.49. The van der Waals surface area contributed by atoms with Crippen LogP contribution in [0, 0.1) is 0 Å². The van der Waals surface area contributed by atoms with Crippen LogP contribution >= 0.6 is 11.6 Å². The highest BCUT2D eigenvalue weighted by atomic mass is 35.5. The monoisotopic (exact) mass is 543 g/mol. The molecule has 1 amide bonds. The molecule has 5 rings (SSSR count).